The molecule has 2 heterocycles. The molecule has 0 atom stereocenters. The molecule has 106 valence electrons. The fraction of sp³-hybridized carbons (Fsp3) is 0.467. The minimum Gasteiger partial charge on any atom is -0.460 e. The van der Waals surface area contributed by atoms with Crippen LogP contribution in [0.4, 0.5) is 5.82 Å². The lowest BCUT2D eigenvalue weighted by molar-refractivity contribution is 0.573. The maximum atomic E-state index is 5.50. The Morgan fingerprint density at radius 3 is 2.90 bits per heavy atom. The molecule has 4 nitrogen and oxygen atoms in total. The fourth-order valence-corrected chi connectivity index (χ4v) is 2.92. The van der Waals surface area contributed by atoms with Crippen LogP contribution in [0, 0.1) is 0 Å². The summed E-state index contributed by atoms with van der Waals surface area (Å²) in [6, 6.07) is 1.87. The predicted octanol–water partition coefficient (Wildman–Crippen LogP) is 4.20. The average Bonchev–Trinajstić information content (AvgIpc) is 2.90. The van der Waals surface area contributed by atoms with Crippen molar-refractivity contribution in [3.8, 4) is 11.6 Å². The lowest BCUT2D eigenvalue weighted by Crippen LogP contribution is -2.14. The topological polar surface area (TPSA) is 51.0 Å². The molecule has 0 fully saturated rings. The molecular weight excluding hydrogens is 318 g/mol. The summed E-state index contributed by atoms with van der Waals surface area (Å²) in [6.07, 6.45) is 7.27. The average molecular weight is 336 g/mol. The molecule has 1 aliphatic rings. The van der Waals surface area contributed by atoms with Crippen LogP contribution >= 0.6 is 15.9 Å². The first-order valence-electron chi connectivity index (χ1n) is 7.16. The molecule has 0 unspecified atom stereocenters. The number of rotatable bonds is 4. The highest BCUT2D eigenvalue weighted by molar-refractivity contribution is 9.10. The third kappa shape index (κ3) is 2.59. The molecule has 20 heavy (non-hydrogen) atoms. The van der Waals surface area contributed by atoms with E-state index in [1.165, 1.54) is 24.1 Å². The Labute approximate surface area is 127 Å². The molecule has 0 aliphatic heterocycles. The van der Waals surface area contributed by atoms with Crippen LogP contribution in [0.1, 0.15) is 37.4 Å². The van der Waals surface area contributed by atoms with Gasteiger partial charge in [-0.3, -0.25) is 0 Å². The van der Waals surface area contributed by atoms with Gasteiger partial charge < -0.3 is 9.73 Å². The van der Waals surface area contributed by atoms with E-state index in [9.17, 15) is 0 Å². The molecule has 1 aliphatic carbocycles. The zero-order chi connectivity index (χ0) is 13.9. The Morgan fingerprint density at radius 1 is 1.30 bits per heavy atom. The van der Waals surface area contributed by atoms with Crippen molar-refractivity contribution < 1.29 is 4.42 Å². The molecule has 2 aromatic heterocycles. The van der Waals surface area contributed by atoms with Gasteiger partial charge in [-0.05, 0) is 54.1 Å². The smallest absolute Gasteiger partial charge is 0.199 e. The van der Waals surface area contributed by atoms with Gasteiger partial charge in [0, 0.05) is 17.8 Å². The SMILES string of the molecule is CCCNc1nc(-c2occc2Br)nc2c1CCCC2. The van der Waals surface area contributed by atoms with Crippen molar-refractivity contribution in [2.24, 2.45) is 0 Å². The summed E-state index contributed by atoms with van der Waals surface area (Å²) in [6.45, 7) is 3.09. The van der Waals surface area contributed by atoms with Gasteiger partial charge in [-0.25, -0.2) is 9.97 Å². The number of furan rings is 1. The summed E-state index contributed by atoms with van der Waals surface area (Å²) in [5.74, 6) is 2.36. The van der Waals surface area contributed by atoms with Gasteiger partial charge in [0.2, 0.25) is 0 Å². The van der Waals surface area contributed by atoms with E-state index < -0.39 is 0 Å². The highest BCUT2D eigenvalue weighted by atomic mass is 79.9. The monoisotopic (exact) mass is 335 g/mol. The second-order valence-electron chi connectivity index (χ2n) is 5.05. The first-order valence-corrected chi connectivity index (χ1v) is 7.96. The number of nitrogens with zero attached hydrogens (tertiary/aromatic N) is 2. The van der Waals surface area contributed by atoms with Gasteiger partial charge in [-0.1, -0.05) is 6.92 Å². The van der Waals surface area contributed by atoms with Crippen molar-refractivity contribution in [2.75, 3.05) is 11.9 Å². The van der Waals surface area contributed by atoms with E-state index in [-0.39, 0.29) is 0 Å². The van der Waals surface area contributed by atoms with Crippen molar-refractivity contribution in [1.82, 2.24) is 9.97 Å². The zero-order valence-corrected chi connectivity index (χ0v) is 13.2. The van der Waals surface area contributed by atoms with E-state index >= 15 is 0 Å². The first kappa shape index (κ1) is 13.6. The molecular formula is C15H18BrN3O. The van der Waals surface area contributed by atoms with Gasteiger partial charge in [0.1, 0.15) is 5.82 Å². The second-order valence-corrected chi connectivity index (χ2v) is 5.91. The van der Waals surface area contributed by atoms with Crippen molar-refractivity contribution in [3.05, 3.63) is 28.1 Å². The van der Waals surface area contributed by atoms with E-state index in [2.05, 4.69) is 33.2 Å². The van der Waals surface area contributed by atoms with Gasteiger partial charge in [0.05, 0.1) is 10.7 Å². The molecule has 5 heteroatoms. The Morgan fingerprint density at radius 2 is 2.15 bits per heavy atom. The minimum absolute atomic E-state index is 0.668. The highest BCUT2D eigenvalue weighted by Crippen LogP contribution is 2.31. The number of anilines is 1. The Hall–Kier alpha value is -1.36. The molecule has 0 amide bonds. The summed E-state index contributed by atoms with van der Waals surface area (Å²) in [7, 11) is 0. The molecule has 1 N–H and O–H groups in total. The molecule has 3 rings (SSSR count). The van der Waals surface area contributed by atoms with E-state index in [0.29, 0.717) is 11.6 Å². The largest absolute Gasteiger partial charge is 0.460 e. The number of hydrogen-bond acceptors (Lipinski definition) is 4. The molecule has 0 aromatic carbocycles. The van der Waals surface area contributed by atoms with Crippen molar-refractivity contribution in [1.29, 1.82) is 0 Å². The number of nitrogens with one attached hydrogen (secondary N) is 1. The molecule has 2 aromatic rings. The normalized spacial score (nSPS) is 14.1. The van der Waals surface area contributed by atoms with E-state index in [0.717, 1.165) is 36.1 Å². The second kappa shape index (κ2) is 5.95. The summed E-state index contributed by atoms with van der Waals surface area (Å²) in [5, 5.41) is 3.44. The van der Waals surface area contributed by atoms with Gasteiger partial charge in [0.25, 0.3) is 0 Å². The minimum atomic E-state index is 0.668. The lowest BCUT2D eigenvalue weighted by atomic mass is 9.96. The molecule has 0 saturated carbocycles. The van der Waals surface area contributed by atoms with Gasteiger partial charge >= 0.3 is 0 Å². The summed E-state index contributed by atoms with van der Waals surface area (Å²) >= 11 is 3.48. The first-order chi connectivity index (χ1) is 9.79. The quantitative estimate of drug-likeness (QED) is 0.909. The van der Waals surface area contributed by atoms with Crippen LogP contribution in [-0.2, 0) is 12.8 Å². The number of hydrogen-bond donors (Lipinski definition) is 1. The van der Waals surface area contributed by atoms with E-state index in [4.69, 9.17) is 9.40 Å². The van der Waals surface area contributed by atoms with Gasteiger partial charge in [-0.15, -0.1) is 0 Å². The van der Waals surface area contributed by atoms with Crippen LogP contribution in [0.5, 0.6) is 0 Å². The Bertz CT molecular complexity index is 609. The van der Waals surface area contributed by atoms with E-state index in [1.54, 1.807) is 6.26 Å². The number of aryl methyl sites for hydroxylation is 1. The third-order valence-electron chi connectivity index (χ3n) is 3.55. The van der Waals surface area contributed by atoms with Crippen molar-refractivity contribution >= 4 is 21.7 Å². The van der Waals surface area contributed by atoms with Crippen LogP contribution in [0.25, 0.3) is 11.6 Å². The fourth-order valence-electron chi connectivity index (χ4n) is 2.54. The molecule has 0 radical (unpaired) electrons. The van der Waals surface area contributed by atoms with Crippen LogP contribution < -0.4 is 5.32 Å². The van der Waals surface area contributed by atoms with Gasteiger partial charge in [0.15, 0.2) is 11.6 Å². The lowest BCUT2D eigenvalue weighted by Gasteiger charge is -2.19. The van der Waals surface area contributed by atoms with Crippen molar-refractivity contribution in [2.45, 2.75) is 39.0 Å². The third-order valence-corrected chi connectivity index (χ3v) is 4.17. The molecule has 0 spiro atoms. The summed E-state index contributed by atoms with van der Waals surface area (Å²) in [4.78, 5) is 9.39. The summed E-state index contributed by atoms with van der Waals surface area (Å²) in [5.41, 5.74) is 2.46. The maximum absolute atomic E-state index is 5.50. The van der Waals surface area contributed by atoms with Crippen LogP contribution in [-0.4, -0.2) is 16.5 Å². The highest BCUT2D eigenvalue weighted by Gasteiger charge is 2.20. The molecule has 0 bridgehead atoms. The Kier molecular flexibility index (Phi) is 4.05. The zero-order valence-electron chi connectivity index (χ0n) is 11.6. The molecule has 0 saturated heterocycles. The number of halogens is 1. The number of aromatic nitrogens is 2. The van der Waals surface area contributed by atoms with Gasteiger partial charge in [-0.2, -0.15) is 0 Å². The maximum Gasteiger partial charge on any atom is 0.199 e. The van der Waals surface area contributed by atoms with E-state index in [1.807, 2.05) is 6.07 Å². The van der Waals surface area contributed by atoms with Crippen LogP contribution in [0.15, 0.2) is 21.2 Å². The number of fused-ring (bicyclic) bond motifs is 1. The van der Waals surface area contributed by atoms with Crippen LogP contribution in [0.3, 0.4) is 0 Å². The van der Waals surface area contributed by atoms with Crippen LogP contribution in [0.2, 0.25) is 0 Å². The standard InChI is InChI=1S/C15H18BrN3O/c1-2-8-17-14-10-5-3-4-6-12(10)18-15(19-14)13-11(16)7-9-20-13/h7,9H,2-6,8H2,1H3,(H,17,18,19). The predicted molar refractivity (Wildman–Crippen MR) is 82.9 cm³/mol. The van der Waals surface area contributed by atoms with Crippen molar-refractivity contribution in [3.63, 3.8) is 0 Å². The Balaban J connectivity index is 2.05. The summed E-state index contributed by atoms with van der Waals surface area (Å²) < 4.78 is 6.40.